The summed E-state index contributed by atoms with van der Waals surface area (Å²) in [5.41, 5.74) is 1.23. The Hall–Kier alpha value is -1.55. The van der Waals surface area contributed by atoms with Gasteiger partial charge in [-0.05, 0) is 55.9 Å². The number of hydrogen-bond donors (Lipinski definition) is 0. The van der Waals surface area contributed by atoms with E-state index in [0.717, 1.165) is 25.7 Å². The van der Waals surface area contributed by atoms with Gasteiger partial charge in [0, 0.05) is 4.88 Å². The normalized spacial score (nSPS) is 14.2. The van der Waals surface area contributed by atoms with Crippen LogP contribution in [0.2, 0.25) is 0 Å². The third-order valence-corrected chi connectivity index (χ3v) is 4.98. The molecule has 1 heterocycles. The Morgan fingerprint density at radius 2 is 1.90 bits per heavy atom. The zero-order chi connectivity index (χ0) is 14.3. The van der Waals surface area contributed by atoms with Crippen molar-refractivity contribution in [3.8, 4) is 0 Å². The summed E-state index contributed by atoms with van der Waals surface area (Å²) >= 11 is 1.42. The highest BCUT2D eigenvalue weighted by molar-refractivity contribution is 7.14. The van der Waals surface area contributed by atoms with E-state index in [4.69, 9.17) is 0 Å². The Kier molecular flexibility index (Phi) is 3.42. The Balaban J connectivity index is 2.01. The van der Waals surface area contributed by atoms with Gasteiger partial charge in [0.1, 0.15) is 0 Å². The van der Waals surface area contributed by atoms with Gasteiger partial charge in [0.2, 0.25) is 5.78 Å². The van der Waals surface area contributed by atoms with Crippen molar-refractivity contribution in [3.63, 3.8) is 0 Å². The molecular formula is C16H14F2OS. The minimum absolute atomic E-state index is 0.174. The predicted octanol–water partition coefficient (Wildman–Crippen LogP) is 4.44. The maximum absolute atomic E-state index is 13.9. The fraction of sp³-hybridized carbons (Fsp3) is 0.312. The van der Waals surface area contributed by atoms with Gasteiger partial charge in [0.05, 0.1) is 10.4 Å². The summed E-state index contributed by atoms with van der Waals surface area (Å²) < 4.78 is 27.5. The number of carbonyl (C=O) groups excluding carboxylic acids is 1. The van der Waals surface area contributed by atoms with Crippen LogP contribution < -0.4 is 0 Å². The molecule has 0 spiro atoms. The minimum atomic E-state index is -1.04. The van der Waals surface area contributed by atoms with Crippen molar-refractivity contribution in [2.24, 2.45) is 0 Å². The third kappa shape index (κ3) is 2.18. The van der Waals surface area contributed by atoms with Crippen LogP contribution >= 0.6 is 11.3 Å². The second kappa shape index (κ2) is 5.09. The molecule has 1 nitrogen and oxygen atoms in total. The second-order valence-electron chi connectivity index (χ2n) is 5.15. The van der Waals surface area contributed by atoms with E-state index in [0.29, 0.717) is 4.88 Å². The molecule has 0 saturated heterocycles. The minimum Gasteiger partial charge on any atom is -0.288 e. The van der Waals surface area contributed by atoms with Gasteiger partial charge in [-0.3, -0.25) is 4.79 Å². The van der Waals surface area contributed by atoms with E-state index < -0.39 is 17.4 Å². The first-order chi connectivity index (χ1) is 9.58. The lowest BCUT2D eigenvalue weighted by Crippen LogP contribution is -2.05. The van der Waals surface area contributed by atoms with Crippen LogP contribution in [0.3, 0.4) is 0 Å². The van der Waals surface area contributed by atoms with Crippen LogP contribution in [0.25, 0.3) is 0 Å². The molecule has 0 atom stereocenters. The number of rotatable bonds is 2. The molecule has 3 rings (SSSR count). The summed E-state index contributed by atoms with van der Waals surface area (Å²) in [6.07, 6.45) is 4.22. The van der Waals surface area contributed by atoms with Crippen molar-refractivity contribution >= 4 is 17.1 Å². The summed E-state index contributed by atoms with van der Waals surface area (Å²) in [7, 11) is 0. The standard InChI is InChI=1S/C16H14F2OS/c1-9-6-7-11(15(18)14(9)17)16(19)13-8-10-4-2-3-5-12(10)20-13/h6-8H,2-5H2,1H3. The Morgan fingerprint density at radius 1 is 1.15 bits per heavy atom. The van der Waals surface area contributed by atoms with Crippen molar-refractivity contribution < 1.29 is 13.6 Å². The second-order valence-corrected chi connectivity index (χ2v) is 6.29. The third-order valence-electron chi connectivity index (χ3n) is 3.74. The highest BCUT2D eigenvalue weighted by atomic mass is 32.1. The molecule has 104 valence electrons. The molecule has 2 aromatic rings. The maximum atomic E-state index is 13.9. The SMILES string of the molecule is Cc1ccc(C(=O)c2cc3c(s2)CCCC3)c(F)c1F. The van der Waals surface area contributed by atoms with Crippen molar-refractivity contribution in [1.29, 1.82) is 0 Å². The molecule has 20 heavy (non-hydrogen) atoms. The van der Waals surface area contributed by atoms with Crippen molar-refractivity contribution in [1.82, 2.24) is 0 Å². The van der Waals surface area contributed by atoms with Gasteiger partial charge in [0.25, 0.3) is 0 Å². The van der Waals surface area contributed by atoms with Crippen LogP contribution in [0.5, 0.6) is 0 Å². The monoisotopic (exact) mass is 292 g/mol. The average Bonchev–Trinajstić information content (AvgIpc) is 2.88. The molecule has 0 bridgehead atoms. The number of halogens is 2. The van der Waals surface area contributed by atoms with E-state index in [1.54, 1.807) is 0 Å². The predicted molar refractivity (Wildman–Crippen MR) is 75.5 cm³/mol. The molecule has 0 amide bonds. The van der Waals surface area contributed by atoms with Crippen LogP contribution in [0.1, 0.15) is 44.1 Å². The van der Waals surface area contributed by atoms with E-state index in [9.17, 15) is 13.6 Å². The van der Waals surface area contributed by atoms with Gasteiger partial charge >= 0.3 is 0 Å². The van der Waals surface area contributed by atoms with E-state index in [-0.39, 0.29) is 11.1 Å². The first kappa shape index (κ1) is 13.4. The van der Waals surface area contributed by atoms with E-state index in [1.807, 2.05) is 6.07 Å². The van der Waals surface area contributed by atoms with Gasteiger partial charge in [-0.1, -0.05) is 6.07 Å². The zero-order valence-corrected chi connectivity index (χ0v) is 11.9. The lowest BCUT2D eigenvalue weighted by atomic mass is 9.98. The first-order valence-corrected chi connectivity index (χ1v) is 7.50. The van der Waals surface area contributed by atoms with Gasteiger partial charge in [-0.15, -0.1) is 11.3 Å². The molecule has 1 aliphatic carbocycles. The summed E-state index contributed by atoms with van der Waals surface area (Å²) in [6, 6.07) is 4.66. The average molecular weight is 292 g/mol. The Morgan fingerprint density at radius 3 is 2.65 bits per heavy atom. The molecule has 4 heteroatoms. The van der Waals surface area contributed by atoms with Gasteiger partial charge < -0.3 is 0 Å². The van der Waals surface area contributed by atoms with E-state index in [1.165, 1.54) is 40.8 Å². The van der Waals surface area contributed by atoms with Crippen LogP contribution in [-0.4, -0.2) is 5.78 Å². The summed E-state index contributed by atoms with van der Waals surface area (Å²) in [6.45, 7) is 1.48. The number of hydrogen-bond acceptors (Lipinski definition) is 2. The zero-order valence-electron chi connectivity index (χ0n) is 11.1. The summed E-state index contributed by atoms with van der Waals surface area (Å²) in [5.74, 6) is -2.39. The quantitative estimate of drug-likeness (QED) is 0.748. The largest absolute Gasteiger partial charge is 0.288 e. The number of thiophene rings is 1. The van der Waals surface area contributed by atoms with Crippen LogP contribution in [0.4, 0.5) is 8.78 Å². The van der Waals surface area contributed by atoms with Crippen molar-refractivity contribution in [3.05, 3.63) is 56.3 Å². The highest BCUT2D eigenvalue weighted by Gasteiger charge is 2.22. The Labute approximate surface area is 120 Å². The number of aryl methyl sites for hydroxylation is 3. The lowest BCUT2D eigenvalue weighted by Gasteiger charge is -2.08. The molecule has 0 aliphatic heterocycles. The number of fused-ring (bicyclic) bond motifs is 1. The summed E-state index contributed by atoms with van der Waals surface area (Å²) in [4.78, 5) is 14.1. The number of ketones is 1. The lowest BCUT2D eigenvalue weighted by molar-refractivity contribution is 0.103. The van der Waals surface area contributed by atoms with Gasteiger partial charge in [-0.25, -0.2) is 8.78 Å². The van der Waals surface area contributed by atoms with Gasteiger partial charge in [-0.2, -0.15) is 0 Å². The van der Waals surface area contributed by atoms with Crippen LogP contribution in [0, 0.1) is 18.6 Å². The molecule has 1 aliphatic rings. The van der Waals surface area contributed by atoms with Gasteiger partial charge in [0.15, 0.2) is 11.6 Å². The smallest absolute Gasteiger partial charge is 0.206 e. The number of carbonyl (C=O) groups is 1. The molecule has 1 aromatic heterocycles. The number of benzene rings is 1. The molecule has 0 fully saturated rings. The van der Waals surface area contributed by atoms with E-state index >= 15 is 0 Å². The molecular weight excluding hydrogens is 278 g/mol. The highest BCUT2D eigenvalue weighted by Crippen LogP contribution is 2.31. The summed E-state index contributed by atoms with van der Waals surface area (Å²) in [5, 5.41) is 0. The van der Waals surface area contributed by atoms with Crippen LogP contribution in [0.15, 0.2) is 18.2 Å². The van der Waals surface area contributed by atoms with Crippen molar-refractivity contribution in [2.45, 2.75) is 32.6 Å². The fourth-order valence-electron chi connectivity index (χ4n) is 2.56. The first-order valence-electron chi connectivity index (χ1n) is 6.69. The molecule has 0 N–H and O–H groups in total. The molecule has 0 saturated carbocycles. The van der Waals surface area contributed by atoms with E-state index in [2.05, 4.69) is 0 Å². The molecule has 0 unspecified atom stereocenters. The Bertz CT molecular complexity index is 665. The maximum Gasteiger partial charge on any atom is 0.206 e. The fourth-order valence-corrected chi connectivity index (χ4v) is 3.76. The van der Waals surface area contributed by atoms with Crippen molar-refractivity contribution in [2.75, 3.05) is 0 Å². The molecule has 1 aromatic carbocycles. The van der Waals surface area contributed by atoms with Crippen LogP contribution in [-0.2, 0) is 12.8 Å². The topological polar surface area (TPSA) is 17.1 Å². The molecule has 0 radical (unpaired) electrons.